The molecule has 0 saturated carbocycles. The van der Waals surface area contributed by atoms with Crippen LogP contribution in [0.3, 0.4) is 0 Å². The van der Waals surface area contributed by atoms with Crippen LogP contribution in [0.4, 0.5) is 4.79 Å². The number of carbonyl (C=O) groups excluding carboxylic acids is 1. The lowest BCUT2D eigenvalue weighted by Crippen LogP contribution is -2.44. The highest BCUT2D eigenvalue weighted by atomic mass is 16.5. The molecular formula is C18H28N2O3. The van der Waals surface area contributed by atoms with Gasteiger partial charge in [-0.05, 0) is 55.4 Å². The Bertz CT molecular complexity index is 511. The minimum absolute atomic E-state index is 0.0212. The number of aliphatic hydroxyl groups excluding tert-OH is 1. The Labute approximate surface area is 138 Å². The van der Waals surface area contributed by atoms with Crippen molar-refractivity contribution in [2.24, 2.45) is 5.92 Å². The number of carbonyl (C=O) groups is 1. The predicted molar refractivity (Wildman–Crippen MR) is 90.6 cm³/mol. The standard InChI is InChI=1S/C18H28N2O3/c1-3-10-23-17-5-4-16(14(2)11-17)12-19-18(22)20-8-6-15(13-21)7-9-20/h4-5,11,15,21H,3,6-10,12-13H2,1-2H3,(H,19,22). The van der Waals surface area contributed by atoms with Crippen molar-refractivity contribution in [3.63, 3.8) is 0 Å². The van der Waals surface area contributed by atoms with E-state index in [0.717, 1.165) is 55.8 Å². The van der Waals surface area contributed by atoms with Crippen molar-refractivity contribution in [2.75, 3.05) is 26.3 Å². The Morgan fingerprint density at radius 2 is 2.13 bits per heavy atom. The third-order valence-corrected chi connectivity index (χ3v) is 4.38. The van der Waals surface area contributed by atoms with E-state index in [1.165, 1.54) is 0 Å². The number of rotatable bonds is 6. The average Bonchev–Trinajstić information content (AvgIpc) is 2.59. The van der Waals surface area contributed by atoms with Crippen LogP contribution in [0.2, 0.25) is 0 Å². The first kappa shape index (κ1) is 17.6. The number of nitrogens with one attached hydrogen (secondary N) is 1. The second-order valence-corrected chi connectivity index (χ2v) is 6.21. The Morgan fingerprint density at radius 3 is 2.74 bits per heavy atom. The molecule has 5 nitrogen and oxygen atoms in total. The van der Waals surface area contributed by atoms with Gasteiger partial charge in [-0.25, -0.2) is 4.79 Å². The molecule has 2 amide bonds. The SMILES string of the molecule is CCCOc1ccc(CNC(=O)N2CCC(CO)CC2)c(C)c1. The number of nitrogens with zero attached hydrogens (tertiary/aromatic N) is 1. The van der Waals surface area contributed by atoms with E-state index >= 15 is 0 Å². The number of hydrogen-bond acceptors (Lipinski definition) is 3. The van der Waals surface area contributed by atoms with Gasteiger partial charge in [0.25, 0.3) is 0 Å². The third kappa shape index (κ3) is 5.13. The van der Waals surface area contributed by atoms with Gasteiger partial charge in [0.05, 0.1) is 6.61 Å². The average molecular weight is 320 g/mol. The molecule has 1 aliphatic rings. The quantitative estimate of drug-likeness (QED) is 0.847. The van der Waals surface area contributed by atoms with E-state index in [-0.39, 0.29) is 12.6 Å². The lowest BCUT2D eigenvalue weighted by molar-refractivity contribution is 0.137. The van der Waals surface area contributed by atoms with E-state index < -0.39 is 0 Å². The summed E-state index contributed by atoms with van der Waals surface area (Å²) in [6.45, 7) is 7.03. The van der Waals surface area contributed by atoms with Gasteiger partial charge in [0, 0.05) is 26.2 Å². The van der Waals surface area contributed by atoms with Gasteiger partial charge in [0.1, 0.15) is 5.75 Å². The van der Waals surface area contributed by atoms with Gasteiger partial charge in [-0.3, -0.25) is 0 Å². The molecule has 1 heterocycles. The number of likely N-dealkylation sites (tertiary alicyclic amines) is 1. The van der Waals surface area contributed by atoms with E-state index in [1.54, 1.807) is 0 Å². The van der Waals surface area contributed by atoms with Crippen LogP contribution in [0, 0.1) is 12.8 Å². The summed E-state index contributed by atoms with van der Waals surface area (Å²) in [6, 6.07) is 5.96. The summed E-state index contributed by atoms with van der Waals surface area (Å²) in [7, 11) is 0. The Hall–Kier alpha value is -1.75. The Morgan fingerprint density at radius 1 is 1.39 bits per heavy atom. The molecule has 128 valence electrons. The van der Waals surface area contributed by atoms with E-state index in [1.807, 2.05) is 30.0 Å². The van der Waals surface area contributed by atoms with Crippen molar-refractivity contribution in [2.45, 2.75) is 39.7 Å². The molecule has 0 atom stereocenters. The summed E-state index contributed by atoms with van der Waals surface area (Å²) in [5.41, 5.74) is 2.23. The number of aryl methyl sites for hydroxylation is 1. The number of benzene rings is 1. The van der Waals surface area contributed by atoms with E-state index in [9.17, 15) is 4.79 Å². The van der Waals surface area contributed by atoms with Crippen molar-refractivity contribution < 1.29 is 14.6 Å². The summed E-state index contributed by atoms with van der Waals surface area (Å²) in [5, 5.41) is 12.1. The molecule has 2 rings (SSSR count). The molecule has 0 aromatic heterocycles. The molecule has 5 heteroatoms. The molecule has 0 unspecified atom stereocenters. The highest BCUT2D eigenvalue weighted by Gasteiger charge is 2.21. The van der Waals surface area contributed by atoms with Crippen molar-refractivity contribution >= 4 is 6.03 Å². The maximum absolute atomic E-state index is 12.2. The first-order valence-corrected chi connectivity index (χ1v) is 8.50. The fraction of sp³-hybridized carbons (Fsp3) is 0.611. The lowest BCUT2D eigenvalue weighted by Gasteiger charge is -2.31. The van der Waals surface area contributed by atoms with Crippen LogP contribution in [0.15, 0.2) is 18.2 Å². The molecule has 1 aromatic carbocycles. The fourth-order valence-corrected chi connectivity index (χ4v) is 2.78. The number of urea groups is 1. The molecule has 2 N–H and O–H groups in total. The number of amides is 2. The van der Waals surface area contributed by atoms with Gasteiger partial charge in [-0.1, -0.05) is 13.0 Å². The minimum Gasteiger partial charge on any atom is -0.494 e. The zero-order valence-corrected chi connectivity index (χ0v) is 14.2. The zero-order valence-electron chi connectivity index (χ0n) is 14.2. The van der Waals surface area contributed by atoms with Gasteiger partial charge in [0.15, 0.2) is 0 Å². The summed E-state index contributed by atoms with van der Waals surface area (Å²) in [4.78, 5) is 14.0. The monoisotopic (exact) mass is 320 g/mol. The maximum Gasteiger partial charge on any atom is 0.317 e. The van der Waals surface area contributed by atoms with Gasteiger partial charge in [0.2, 0.25) is 0 Å². The fourth-order valence-electron chi connectivity index (χ4n) is 2.78. The molecule has 1 aliphatic heterocycles. The Balaban J connectivity index is 1.82. The van der Waals surface area contributed by atoms with Gasteiger partial charge >= 0.3 is 6.03 Å². The highest BCUT2D eigenvalue weighted by Crippen LogP contribution is 2.18. The highest BCUT2D eigenvalue weighted by molar-refractivity contribution is 5.74. The van der Waals surface area contributed by atoms with Crippen molar-refractivity contribution in [1.29, 1.82) is 0 Å². The van der Waals surface area contributed by atoms with Crippen LogP contribution in [0.25, 0.3) is 0 Å². The molecule has 0 spiro atoms. The lowest BCUT2D eigenvalue weighted by atomic mass is 9.98. The van der Waals surface area contributed by atoms with Crippen molar-refractivity contribution in [1.82, 2.24) is 10.2 Å². The number of hydrogen-bond donors (Lipinski definition) is 2. The zero-order chi connectivity index (χ0) is 16.7. The Kier molecular flexibility index (Phi) is 6.71. The number of aliphatic hydroxyl groups is 1. The van der Waals surface area contributed by atoms with Crippen LogP contribution in [-0.4, -0.2) is 42.3 Å². The molecule has 1 fully saturated rings. The normalized spacial score (nSPS) is 15.5. The molecule has 1 aromatic rings. The van der Waals surface area contributed by atoms with Crippen LogP contribution >= 0.6 is 0 Å². The molecule has 0 radical (unpaired) electrons. The molecule has 23 heavy (non-hydrogen) atoms. The van der Waals surface area contributed by atoms with Gasteiger partial charge in [-0.15, -0.1) is 0 Å². The van der Waals surface area contributed by atoms with Crippen LogP contribution in [-0.2, 0) is 6.54 Å². The van der Waals surface area contributed by atoms with Crippen LogP contribution in [0.5, 0.6) is 5.75 Å². The first-order chi connectivity index (χ1) is 11.1. The molecule has 0 aliphatic carbocycles. The van der Waals surface area contributed by atoms with Gasteiger partial charge < -0.3 is 20.1 Å². The van der Waals surface area contributed by atoms with E-state index in [0.29, 0.717) is 12.5 Å². The van der Waals surface area contributed by atoms with Crippen molar-refractivity contribution in [3.05, 3.63) is 29.3 Å². The smallest absolute Gasteiger partial charge is 0.317 e. The third-order valence-electron chi connectivity index (χ3n) is 4.38. The summed E-state index contributed by atoms with van der Waals surface area (Å²) < 4.78 is 5.62. The van der Waals surface area contributed by atoms with Crippen LogP contribution < -0.4 is 10.1 Å². The minimum atomic E-state index is -0.0212. The largest absolute Gasteiger partial charge is 0.494 e. The second-order valence-electron chi connectivity index (χ2n) is 6.21. The number of piperidine rings is 1. The molecular weight excluding hydrogens is 292 g/mol. The number of ether oxygens (including phenoxy) is 1. The molecule has 1 saturated heterocycles. The van der Waals surface area contributed by atoms with E-state index in [4.69, 9.17) is 9.84 Å². The maximum atomic E-state index is 12.2. The topological polar surface area (TPSA) is 61.8 Å². The predicted octanol–water partition coefficient (Wildman–Crippen LogP) is 2.70. The summed E-state index contributed by atoms with van der Waals surface area (Å²) in [5.74, 6) is 1.22. The van der Waals surface area contributed by atoms with Crippen LogP contribution in [0.1, 0.15) is 37.3 Å². The second kappa shape index (κ2) is 8.77. The summed E-state index contributed by atoms with van der Waals surface area (Å²) >= 11 is 0. The van der Waals surface area contributed by atoms with Crippen molar-refractivity contribution in [3.8, 4) is 5.75 Å². The first-order valence-electron chi connectivity index (χ1n) is 8.50. The summed E-state index contributed by atoms with van der Waals surface area (Å²) in [6.07, 6.45) is 2.75. The van der Waals surface area contributed by atoms with E-state index in [2.05, 4.69) is 12.2 Å². The van der Waals surface area contributed by atoms with Gasteiger partial charge in [-0.2, -0.15) is 0 Å². The molecule has 0 bridgehead atoms.